The molecule has 4 rings (SSSR count). The fraction of sp³-hybridized carbons (Fsp3) is 0.130. The molecule has 2 amide bonds. The van der Waals surface area contributed by atoms with E-state index in [0.717, 1.165) is 28.5 Å². The van der Waals surface area contributed by atoms with Gasteiger partial charge in [0.15, 0.2) is 0 Å². The van der Waals surface area contributed by atoms with E-state index in [0.29, 0.717) is 17.1 Å². The van der Waals surface area contributed by atoms with Crippen molar-refractivity contribution in [1.82, 2.24) is 4.90 Å². The Morgan fingerprint density at radius 2 is 1.90 bits per heavy atom. The number of furan rings is 1. The van der Waals surface area contributed by atoms with Crippen LogP contribution in [0.5, 0.6) is 0 Å². The molecule has 1 saturated heterocycles. The molecule has 0 atom stereocenters. The zero-order valence-electron chi connectivity index (χ0n) is 16.8. The Hall–Kier alpha value is -3.65. The van der Waals surface area contributed by atoms with Gasteiger partial charge in [0.25, 0.3) is 16.8 Å². The highest BCUT2D eigenvalue weighted by Crippen LogP contribution is 2.35. The summed E-state index contributed by atoms with van der Waals surface area (Å²) in [4.78, 5) is 37.2. The Balaban J connectivity index is 1.57. The van der Waals surface area contributed by atoms with E-state index in [-0.39, 0.29) is 28.3 Å². The van der Waals surface area contributed by atoms with Gasteiger partial charge in [0, 0.05) is 23.8 Å². The molecular formula is C23H18N2O5S. The van der Waals surface area contributed by atoms with E-state index in [1.54, 1.807) is 18.2 Å². The summed E-state index contributed by atoms with van der Waals surface area (Å²) in [5.74, 6) is 0.467. The fourth-order valence-electron chi connectivity index (χ4n) is 3.32. The number of hydrogen-bond acceptors (Lipinski definition) is 6. The maximum absolute atomic E-state index is 12.8. The number of non-ortho nitro benzene ring substituents is 1. The van der Waals surface area contributed by atoms with Gasteiger partial charge in [-0.3, -0.25) is 24.6 Å². The zero-order valence-corrected chi connectivity index (χ0v) is 17.6. The molecule has 1 aliphatic heterocycles. The average Bonchev–Trinajstić information content (AvgIpc) is 3.28. The standard InChI is InChI=1S/C23H18N2O5S/c1-14-4-3-5-16(10-14)13-24-22(26)21(31-23(24)27)12-18-8-9-20(30-18)19-11-17(25(28)29)7-6-15(19)2/h3-12H,13H2,1-2H3/b21-12-. The maximum Gasteiger partial charge on any atom is 0.293 e. The lowest BCUT2D eigenvalue weighted by atomic mass is 10.1. The summed E-state index contributed by atoms with van der Waals surface area (Å²) in [6.07, 6.45) is 1.53. The molecule has 31 heavy (non-hydrogen) atoms. The first-order chi connectivity index (χ1) is 14.8. The van der Waals surface area contributed by atoms with Gasteiger partial charge in [-0.2, -0.15) is 0 Å². The molecule has 156 valence electrons. The van der Waals surface area contributed by atoms with Gasteiger partial charge in [0.2, 0.25) is 0 Å². The highest BCUT2D eigenvalue weighted by Gasteiger charge is 2.35. The van der Waals surface area contributed by atoms with Gasteiger partial charge in [-0.15, -0.1) is 0 Å². The van der Waals surface area contributed by atoms with Crippen LogP contribution in [0, 0.1) is 24.0 Å². The van der Waals surface area contributed by atoms with Crippen molar-refractivity contribution in [3.05, 3.63) is 92.1 Å². The van der Waals surface area contributed by atoms with E-state index in [4.69, 9.17) is 4.42 Å². The first-order valence-electron chi connectivity index (χ1n) is 9.48. The number of nitro benzene ring substituents is 1. The molecule has 0 aliphatic carbocycles. The van der Waals surface area contributed by atoms with Crippen molar-refractivity contribution in [3.63, 3.8) is 0 Å². The highest BCUT2D eigenvalue weighted by molar-refractivity contribution is 8.18. The molecular weight excluding hydrogens is 416 g/mol. The first-order valence-corrected chi connectivity index (χ1v) is 10.3. The third-order valence-electron chi connectivity index (χ3n) is 4.89. The van der Waals surface area contributed by atoms with Gasteiger partial charge in [-0.25, -0.2) is 0 Å². The lowest BCUT2D eigenvalue weighted by Gasteiger charge is -2.12. The molecule has 2 heterocycles. The van der Waals surface area contributed by atoms with Crippen LogP contribution in [-0.4, -0.2) is 21.0 Å². The Morgan fingerprint density at radius 3 is 2.65 bits per heavy atom. The number of aryl methyl sites for hydroxylation is 2. The van der Waals surface area contributed by atoms with Crippen molar-refractivity contribution in [3.8, 4) is 11.3 Å². The Labute approximate surface area is 182 Å². The number of hydrogen-bond donors (Lipinski definition) is 0. The van der Waals surface area contributed by atoms with Crippen LogP contribution in [0.3, 0.4) is 0 Å². The second kappa shape index (κ2) is 8.23. The van der Waals surface area contributed by atoms with E-state index in [2.05, 4.69) is 0 Å². The molecule has 0 bridgehead atoms. The van der Waals surface area contributed by atoms with Crippen LogP contribution in [0.25, 0.3) is 17.4 Å². The number of benzene rings is 2. The third kappa shape index (κ3) is 4.29. The van der Waals surface area contributed by atoms with Crippen LogP contribution in [-0.2, 0) is 11.3 Å². The summed E-state index contributed by atoms with van der Waals surface area (Å²) in [6, 6.07) is 15.6. The zero-order chi connectivity index (χ0) is 22.1. The molecule has 0 spiro atoms. The highest BCUT2D eigenvalue weighted by atomic mass is 32.2. The monoisotopic (exact) mass is 434 g/mol. The van der Waals surface area contributed by atoms with Crippen LogP contribution in [0.1, 0.15) is 22.5 Å². The molecule has 0 saturated carbocycles. The lowest BCUT2D eigenvalue weighted by Crippen LogP contribution is -2.27. The summed E-state index contributed by atoms with van der Waals surface area (Å²) in [7, 11) is 0. The summed E-state index contributed by atoms with van der Waals surface area (Å²) in [5, 5.41) is 10.7. The Bertz CT molecular complexity index is 1240. The van der Waals surface area contributed by atoms with Crippen LogP contribution >= 0.6 is 11.8 Å². The van der Waals surface area contributed by atoms with Crippen LogP contribution in [0.2, 0.25) is 0 Å². The Kier molecular flexibility index (Phi) is 5.48. The quantitative estimate of drug-likeness (QED) is 0.290. The second-order valence-corrected chi connectivity index (χ2v) is 8.21. The molecule has 7 nitrogen and oxygen atoms in total. The topological polar surface area (TPSA) is 93.7 Å². The van der Waals surface area contributed by atoms with Crippen molar-refractivity contribution in [2.75, 3.05) is 0 Å². The summed E-state index contributed by atoms with van der Waals surface area (Å²) in [5.41, 5.74) is 3.33. The average molecular weight is 434 g/mol. The minimum absolute atomic E-state index is 0.0316. The largest absolute Gasteiger partial charge is 0.457 e. The van der Waals surface area contributed by atoms with Gasteiger partial charge in [0.05, 0.1) is 16.4 Å². The van der Waals surface area contributed by atoms with E-state index >= 15 is 0 Å². The van der Waals surface area contributed by atoms with Crippen LogP contribution in [0.4, 0.5) is 10.5 Å². The van der Waals surface area contributed by atoms with Crippen molar-refractivity contribution < 1.29 is 18.9 Å². The molecule has 3 aromatic rings. The summed E-state index contributed by atoms with van der Waals surface area (Å²) in [6.45, 7) is 3.99. The number of carbonyl (C=O) groups is 2. The SMILES string of the molecule is Cc1cccc(CN2C(=O)S/C(=C\c3ccc(-c4cc([N+](=O)[O-])ccc4C)o3)C2=O)c1. The Morgan fingerprint density at radius 1 is 1.10 bits per heavy atom. The number of thioether (sulfide) groups is 1. The molecule has 8 heteroatoms. The van der Waals surface area contributed by atoms with Crippen molar-refractivity contribution >= 4 is 34.7 Å². The number of nitro groups is 1. The molecule has 1 aromatic heterocycles. The predicted octanol–water partition coefficient (Wildman–Crippen LogP) is 5.71. The first kappa shape index (κ1) is 20.6. The molecule has 2 aromatic carbocycles. The number of imide groups is 1. The third-order valence-corrected chi connectivity index (χ3v) is 5.80. The lowest BCUT2D eigenvalue weighted by molar-refractivity contribution is -0.384. The van der Waals surface area contributed by atoms with Crippen molar-refractivity contribution in [2.45, 2.75) is 20.4 Å². The summed E-state index contributed by atoms with van der Waals surface area (Å²) < 4.78 is 5.81. The molecule has 0 N–H and O–H groups in total. The van der Waals surface area contributed by atoms with E-state index in [9.17, 15) is 19.7 Å². The molecule has 1 fully saturated rings. The van der Waals surface area contributed by atoms with E-state index < -0.39 is 4.92 Å². The smallest absolute Gasteiger partial charge is 0.293 e. The number of nitrogens with zero attached hydrogens (tertiary/aromatic N) is 2. The minimum atomic E-state index is -0.461. The normalized spacial score (nSPS) is 15.2. The number of carbonyl (C=O) groups excluding carboxylic acids is 2. The molecule has 0 radical (unpaired) electrons. The van der Waals surface area contributed by atoms with Gasteiger partial charge >= 0.3 is 0 Å². The fourth-order valence-corrected chi connectivity index (χ4v) is 4.14. The molecule has 0 unspecified atom stereocenters. The van der Waals surface area contributed by atoms with Crippen molar-refractivity contribution in [1.29, 1.82) is 0 Å². The van der Waals surface area contributed by atoms with E-state index in [1.807, 2.05) is 38.1 Å². The minimum Gasteiger partial charge on any atom is -0.457 e. The van der Waals surface area contributed by atoms with Crippen molar-refractivity contribution in [2.24, 2.45) is 0 Å². The van der Waals surface area contributed by atoms with E-state index in [1.165, 1.54) is 23.1 Å². The van der Waals surface area contributed by atoms with Gasteiger partial charge in [0.1, 0.15) is 11.5 Å². The van der Waals surface area contributed by atoms with Gasteiger partial charge < -0.3 is 4.42 Å². The predicted molar refractivity (Wildman–Crippen MR) is 118 cm³/mol. The van der Waals surface area contributed by atoms with Crippen LogP contribution in [0.15, 0.2) is 63.9 Å². The second-order valence-electron chi connectivity index (χ2n) is 7.22. The number of rotatable bonds is 5. The number of amides is 2. The summed E-state index contributed by atoms with van der Waals surface area (Å²) >= 11 is 0.864. The molecule has 1 aliphatic rings. The van der Waals surface area contributed by atoms with Gasteiger partial charge in [-0.1, -0.05) is 35.9 Å². The van der Waals surface area contributed by atoms with Gasteiger partial charge in [-0.05, 0) is 48.9 Å². The maximum atomic E-state index is 12.8. The van der Waals surface area contributed by atoms with Crippen LogP contribution < -0.4 is 0 Å².